The lowest BCUT2D eigenvalue weighted by Gasteiger charge is -2.09. The van der Waals surface area contributed by atoms with Gasteiger partial charge in [0.05, 0.1) is 24.7 Å². The van der Waals surface area contributed by atoms with Crippen molar-refractivity contribution in [3.8, 4) is 11.5 Å². The molecule has 2 rings (SSSR count). The molecule has 0 aromatic heterocycles. The van der Waals surface area contributed by atoms with Crippen molar-refractivity contribution >= 4 is 28.9 Å². The minimum atomic E-state index is -0.342. The molecule has 1 aromatic carbocycles. The molecule has 1 heterocycles. The van der Waals surface area contributed by atoms with Gasteiger partial charge in [-0.15, -0.1) is 0 Å². The topological polar surface area (TPSA) is 73.9 Å². The van der Waals surface area contributed by atoms with Gasteiger partial charge in [-0.1, -0.05) is 6.07 Å². The smallest absolute Gasteiger partial charge is 0.286 e. The maximum Gasteiger partial charge on any atom is 0.286 e. The summed E-state index contributed by atoms with van der Waals surface area (Å²) in [5, 5.41) is 0.250. The third kappa shape index (κ3) is 2.33. The van der Waals surface area contributed by atoms with Crippen LogP contribution in [-0.4, -0.2) is 25.3 Å². The second-order valence-electron chi connectivity index (χ2n) is 3.44. The predicted molar refractivity (Wildman–Crippen MR) is 71.7 cm³/mol. The monoisotopic (exact) mass is 264 g/mol. The maximum absolute atomic E-state index is 11.6. The summed E-state index contributed by atoms with van der Waals surface area (Å²) in [5.41, 5.74) is 6.20. The quantitative estimate of drug-likeness (QED) is 0.840. The summed E-state index contributed by atoms with van der Waals surface area (Å²) in [5.74, 6) is 0.909. The molecule has 18 heavy (non-hydrogen) atoms. The molecule has 1 aliphatic rings. The first kappa shape index (κ1) is 12.5. The Hall–Kier alpha value is -1.95. The lowest BCUT2D eigenvalue weighted by atomic mass is 10.1. The Labute approximate surface area is 109 Å². The molecule has 0 atom stereocenters. The molecule has 0 fully saturated rings. The molecule has 0 saturated carbocycles. The van der Waals surface area contributed by atoms with Crippen molar-refractivity contribution in [3.63, 3.8) is 0 Å². The van der Waals surface area contributed by atoms with Crippen molar-refractivity contribution in [2.45, 2.75) is 0 Å². The van der Waals surface area contributed by atoms with Gasteiger partial charge in [-0.2, -0.15) is 4.99 Å². The van der Waals surface area contributed by atoms with E-state index in [0.29, 0.717) is 22.0 Å². The number of carbonyl (C=O) groups is 1. The fourth-order valence-electron chi connectivity index (χ4n) is 1.58. The Morgan fingerprint density at radius 2 is 1.89 bits per heavy atom. The maximum atomic E-state index is 11.6. The van der Waals surface area contributed by atoms with Crippen molar-refractivity contribution in [3.05, 3.63) is 28.7 Å². The fraction of sp³-hybridized carbons (Fsp3) is 0.167. The lowest BCUT2D eigenvalue weighted by molar-refractivity contribution is -0.113. The number of hydrogen-bond donors (Lipinski definition) is 1. The molecular formula is C12H12N2O3S. The molecule has 94 valence electrons. The average Bonchev–Trinajstić information content (AvgIpc) is 2.68. The van der Waals surface area contributed by atoms with Crippen LogP contribution in [0, 0.1) is 0 Å². The van der Waals surface area contributed by atoms with Crippen LogP contribution in [-0.2, 0) is 4.79 Å². The standard InChI is InChI=1S/C12H12N2O3S/c1-16-8-4-3-5-9(17-2)7(8)6-10-11(15)14-12(13)18-10/h3-6H,1-2H3,(H2,13,14,15). The Balaban J connectivity index is 2.46. The van der Waals surface area contributed by atoms with Crippen molar-refractivity contribution in [1.29, 1.82) is 0 Å². The van der Waals surface area contributed by atoms with E-state index in [1.807, 2.05) is 6.07 Å². The molecule has 0 bridgehead atoms. The van der Waals surface area contributed by atoms with Gasteiger partial charge < -0.3 is 15.2 Å². The van der Waals surface area contributed by atoms with Gasteiger partial charge in [-0.25, -0.2) is 0 Å². The number of methoxy groups -OCH3 is 2. The number of amidine groups is 1. The number of amides is 1. The van der Waals surface area contributed by atoms with Crippen LogP contribution in [0.5, 0.6) is 11.5 Å². The average molecular weight is 264 g/mol. The van der Waals surface area contributed by atoms with Gasteiger partial charge in [0.15, 0.2) is 5.17 Å². The molecule has 0 aliphatic carbocycles. The molecule has 2 N–H and O–H groups in total. The van der Waals surface area contributed by atoms with Crippen LogP contribution in [0.15, 0.2) is 28.1 Å². The zero-order chi connectivity index (χ0) is 13.1. The van der Waals surface area contributed by atoms with Crippen molar-refractivity contribution in [2.75, 3.05) is 14.2 Å². The van der Waals surface area contributed by atoms with Crippen LogP contribution >= 0.6 is 11.8 Å². The Morgan fingerprint density at radius 3 is 2.33 bits per heavy atom. The van der Waals surface area contributed by atoms with E-state index in [1.54, 1.807) is 32.4 Å². The number of nitrogens with two attached hydrogens (primary N) is 1. The van der Waals surface area contributed by atoms with Crippen LogP contribution in [0.4, 0.5) is 0 Å². The van der Waals surface area contributed by atoms with Crippen LogP contribution in [0.2, 0.25) is 0 Å². The third-order valence-electron chi connectivity index (χ3n) is 2.38. The highest BCUT2D eigenvalue weighted by Crippen LogP contribution is 2.34. The predicted octanol–water partition coefficient (Wildman–Crippen LogP) is 1.63. The fourth-order valence-corrected chi connectivity index (χ4v) is 2.24. The molecule has 1 amide bonds. The molecule has 0 saturated heterocycles. The van der Waals surface area contributed by atoms with Crippen molar-refractivity contribution < 1.29 is 14.3 Å². The summed E-state index contributed by atoms with van der Waals surface area (Å²) in [6, 6.07) is 5.40. The number of benzene rings is 1. The van der Waals surface area contributed by atoms with E-state index in [-0.39, 0.29) is 11.1 Å². The van der Waals surface area contributed by atoms with Crippen LogP contribution in [0.1, 0.15) is 5.56 Å². The van der Waals surface area contributed by atoms with Crippen LogP contribution in [0.3, 0.4) is 0 Å². The van der Waals surface area contributed by atoms with E-state index >= 15 is 0 Å². The van der Waals surface area contributed by atoms with Gasteiger partial charge in [-0.3, -0.25) is 4.79 Å². The summed E-state index contributed by atoms with van der Waals surface area (Å²) in [7, 11) is 3.12. The minimum Gasteiger partial charge on any atom is -0.496 e. The highest BCUT2D eigenvalue weighted by Gasteiger charge is 2.21. The zero-order valence-electron chi connectivity index (χ0n) is 9.97. The summed E-state index contributed by atoms with van der Waals surface area (Å²) in [4.78, 5) is 15.7. The van der Waals surface area contributed by atoms with Gasteiger partial charge in [0, 0.05) is 0 Å². The molecule has 1 aromatic rings. The summed E-state index contributed by atoms with van der Waals surface area (Å²) >= 11 is 1.14. The van der Waals surface area contributed by atoms with E-state index in [9.17, 15) is 4.79 Å². The SMILES string of the molecule is COc1cccc(OC)c1C=C1SC(N)=NC1=O. The number of hydrogen-bond acceptors (Lipinski definition) is 5. The number of carbonyl (C=O) groups excluding carboxylic acids is 1. The molecule has 0 radical (unpaired) electrons. The highest BCUT2D eigenvalue weighted by atomic mass is 32.2. The second kappa shape index (κ2) is 5.14. The number of nitrogens with zero attached hydrogens (tertiary/aromatic N) is 1. The van der Waals surface area contributed by atoms with E-state index in [2.05, 4.69) is 4.99 Å². The highest BCUT2D eigenvalue weighted by molar-refractivity contribution is 8.18. The first-order valence-electron chi connectivity index (χ1n) is 5.14. The molecule has 0 spiro atoms. The van der Waals surface area contributed by atoms with E-state index in [0.717, 1.165) is 11.8 Å². The van der Waals surface area contributed by atoms with Crippen LogP contribution < -0.4 is 15.2 Å². The van der Waals surface area contributed by atoms with Gasteiger partial charge >= 0.3 is 0 Å². The minimum absolute atomic E-state index is 0.250. The number of ether oxygens (including phenoxy) is 2. The Morgan fingerprint density at radius 1 is 1.28 bits per heavy atom. The molecule has 5 nitrogen and oxygen atoms in total. The van der Waals surface area contributed by atoms with Crippen LogP contribution in [0.25, 0.3) is 6.08 Å². The van der Waals surface area contributed by atoms with Gasteiger partial charge in [0.25, 0.3) is 5.91 Å². The van der Waals surface area contributed by atoms with Gasteiger partial charge in [-0.05, 0) is 30.0 Å². The van der Waals surface area contributed by atoms with E-state index < -0.39 is 0 Å². The van der Waals surface area contributed by atoms with E-state index in [4.69, 9.17) is 15.2 Å². The zero-order valence-corrected chi connectivity index (χ0v) is 10.8. The Kier molecular flexibility index (Phi) is 3.57. The van der Waals surface area contributed by atoms with E-state index in [1.165, 1.54) is 0 Å². The van der Waals surface area contributed by atoms with Gasteiger partial charge in [0.2, 0.25) is 0 Å². The van der Waals surface area contributed by atoms with Crippen molar-refractivity contribution in [2.24, 2.45) is 10.7 Å². The summed E-state index contributed by atoms with van der Waals surface area (Å²) < 4.78 is 10.5. The number of rotatable bonds is 3. The summed E-state index contributed by atoms with van der Waals surface area (Å²) in [6.45, 7) is 0. The molecule has 1 aliphatic heterocycles. The summed E-state index contributed by atoms with van der Waals surface area (Å²) in [6.07, 6.45) is 1.67. The third-order valence-corrected chi connectivity index (χ3v) is 3.19. The van der Waals surface area contributed by atoms with Crippen molar-refractivity contribution in [1.82, 2.24) is 0 Å². The normalized spacial score (nSPS) is 16.9. The first-order valence-corrected chi connectivity index (χ1v) is 5.96. The number of aliphatic imine (C=N–C) groups is 1. The molecule has 6 heteroatoms. The largest absolute Gasteiger partial charge is 0.496 e. The van der Waals surface area contributed by atoms with Gasteiger partial charge in [0.1, 0.15) is 11.5 Å². The number of thioether (sulfide) groups is 1. The second-order valence-corrected chi connectivity index (χ2v) is 4.50. The molecular weight excluding hydrogens is 252 g/mol. The first-order chi connectivity index (χ1) is 8.65. The molecule has 0 unspecified atom stereocenters. The lowest BCUT2D eigenvalue weighted by Crippen LogP contribution is -2.01. The Bertz CT molecular complexity index is 530.